The van der Waals surface area contributed by atoms with Gasteiger partial charge in [-0.05, 0) is 12.1 Å². The summed E-state index contributed by atoms with van der Waals surface area (Å²) in [5.41, 5.74) is 0.910. The first-order valence-electron chi connectivity index (χ1n) is 4.51. The van der Waals surface area contributed by atoms with Crippen LogP contribution >= 0.6 is 0 Å². The fraction of sp³-hybridized carbons (Fsp3) is 0. The van der Waals surface area contributed by atoms with Gasteiger partial charge >= 0.3 is 5.97 Å². The van der Waals surface area contributed by atoms with Crippen LogP contribution in [0.2, 0.25) is 0 Å². The quantitative estimate of drug-likeness (QED) is 0.795. The summed E-state index contributed by atoms with van der Waals surface area (Å²) >= 11 is 0. The molecule has 2 N–H and O–H groups in total. The van der Waals surface area contributed by atoms with E-state index in [2.05, 4.69) is 9.97 Å². The summed E-state index contributed by atoms with van der Waals surface area (Å²) in [5.74, 6) is -0.543. The third-order valence-corrected chi connectivity index (χ3v) is 2.03. The first kappa shape index (κ1) is 10.1. The fourth-order valence-electron chi connectivity index (χ4n) is 1.23. The molecule has 0 aliphatic heterocycles. The highest BCUT2D eigenvalue weighted by atomic mass is 16.4. The molecule has 1 aromatic heterocycles. The minimum absolute atomic E-state index is 0.00842. The minimum Gasteiger partial charge on any atom is -0.505 e. The van der Waals surface area contributed by atoms with Crippen molar-refractivity contribution in [2.24, 2.45) is 0 Å². The second-order valence-corrected chi connectivity index (χ2v) is 3.15. The maximum absolute atomic E-state index is 10.6. The van der Waals surface area contributed by atoms with E-state index in [0.29, 0.717) is 11.4 Å². The molecule has 1 aromatic carbocycles. The molecule has 5 nitrogen and oxygen atoms in total. The van der Waals surface area contributed by atoms with Gasteiger partial charge in [0.25, 0.3) is 0 Å². The monoisotopic (exact) mass is 216 g/mol. The number of aromatic nitrogens is 2. The molecule has 16 heavy (non-hydrogen) atoms. The van der Waals surface area contributed by atoms with Gasteiger partial charge in [0.2, 0.25) is 0 Å². The van der Waals surface area contributed by atoms with Crippen molar-refractivity contribution < 1.29 is 15.0 Å². The molecule has 0 aliphatic rings. The number of hydrogen-bond acceptors (Lipinski definition) is 4. The van der Waals surface area contributed by atoms with Crippen LogP contribution in [0.15, 0.2) is 36.7 Å². The number of hydrogen-bond donors (Lipinski definition) is 2. The highest BCUT2D eigenvalue weighted by molar-refractivity contribution is 5.88. The van der Waals surface area contributed by atoms with Crippen LogP contribution in [0.3, 0.4) is 0 Å². The average molecular weight is 216 g/mol. The Hall–Kier alpha value is -2.43. The first-order valence-corrected chi connectivity index (χ1v) is 4.51. The molecule has 2 rings (SSSR count). The molecule has 0 aliphatic carbocycles. The highest BCUT2D eigenvalue weighted by Gasteiger charge is 2.04. The Morgan fingerprint density at radius 1 is 1.06 bits per heavy atom. The maximum Gasteiger partial charge on any atom is 0.335 e. The van der Waals surface area contributed by atoms with E-state index < -0.39 is 5.97 Å². The molecule has 0 amide bonds. The zero-order valence-corrected chi connectivity index (χ0v) is 8.16. The molecule has 80 valence electrons. The van der Waals surface area contributed by atoms with E-state index in [4.69, 9.17) is 10.2 Å². The van der Waals surface area contributed by atoms with Crippen molar-refractivity contribution in [3.8, 4) is 17.1 Å². The summed E-state index contributed by atoms with van der Waals surface area (Å²) in [6, 6.07) is 6.20. The Morgan fingerprint density at radius 2 is 1.62 bits per heavy atom. The normalized spacial score (nSPS) is 10.0. The van der Waals surface area contributed by atoms with Crippen LogP contribution in [0.25, 0.3) is 11.4 Å². The lowest BCUT2D eigenvalue weighted by Gasteiger charge is -2.00. The largest absolute Gasteiger partial charge is 0.505 e. The molecule has 0 unspecified atom stereocenters. The smallest absolute Gasteiger partial charge is 0.335 e. The molecule has 0 saturated heterocycles. The first-order chi connectivity index (χ1) is 7.66. The van der Waals surface area contributed by atoms with Crippen LogP contribution in [-0.2, 0) is 0 Å². The Balaban J connectivity index is 2.34. The molecule has 0 spiro atoms. The van der Waals surface area contributed by atoms with Crippen molar-refractivity contribution in [2.75, 3.05) is 0 Å². The second-order valence-electron chi connectivity index (χ2n) is 3.15. The van der Waals surface area contributed by atoms with E-state index in [9.17, 15) is 4.79 Å². The summed E-state index contributed by atoms with van der Waals surface area (Å²) in [5, 5.41) is 17.7. The summed E-state index contributed by atoms with van der Waals surface area (Å²) < 4.78 is 0. The third kappa shape index (κ3) is 1.98. The number of aromatic carboxylic acids is 1. The predicted molar refractivity (Wildman–Crippen MR) is 56.1 cm³/mol. The standard InChI is InChI=1S/C11H8N2O3/c14-9-5-12-10(13-6-9)7-1-3-8(4-2-7)11(15)16/h1-6,14H,(H,15,16). The number of carboxylic acid groups (broad SMARTS) is 1. The lowest BCUT2D eigenvalue weighted by molar-refractivity contribution is 0.0697. The van der Waals surface area contributed by atoms with E-state index in [1.807, 2.05) is 0 Å². The van der Waals surface area contributed by atoms with Crippen molar-refractivity contribution >= 4 is 5.97 Å². The van der Waals surface area contributed by atoms with Crippen molar-refractivity contribution in [3.05, 3.63) is 42.2 Å². The van der Waals surface area contributed by atoms with Gasteiger partial charge in [-0.2, -0.15) is 0 Å². The van der Waals surface area contributed by atoms with Gasteiger partial charge in [0.15, 0.2) is 11.6 Å². The minimum atomic E-state index is -0.974. The molecule has 1 heterocycles. The van der Waals surface area contributed by atoms with E-state index in [1.54, 1.807) is 12.1 Å². The zero-order valence-electron chi connectivity index (χ0n) is 8.16. The lowest BCUT2D eigenvalue weighted by atomic mass is 10.1. The molecule has 2 aromatic rings. The van der Waals surface area contributed by atoms with Crippen molar-refractivity contribution in [1.82, 2.24) is 9.97 Å². The van der Waals surface area contributed by atoms with Crippen molar-refractivity contribution in [2.45, 2.75) is 0 Å². The molecule has 0 bridgehead atoms. The van der Waals surface area contributed by atoms with Gasteiger partial charge in [0.05, 0.1) is 18.0 Å². The van der Waals surface area contributed by atoms with Gasteiger partial charge in [-0.3, -0.25) is 0 Å². The van der Waals surface area contributed by atoms with Crippen LogP contribution in [0.1, 0.15) is 10.4 Å². The molecular weight excluding hydrogens is 208 g/mol. The number of carbonyl (C=O) groups is 1. The highest BCUT2D eigenvalue weighted by Crippen LogP contribution is 2.16. The van der Waals surface area contributed by atoms with Crippen molar-refractivity contribution in [1.29, 1.82) is 0 Å². The predicted octanol–water partition coefficient (Wildman–Crippen LogP) is 1.55. The molecule has 5 heteroatoms. The van der Waals surface area contributed by atoms with Gasteiger partial charge in [0.1, 0.15) is 0 Å². The topological polar surface area (TPSA) is 83.3 Å². The van der Waals surface area contributed by atoms with Gasteiger partial charge in [0, 0.05) is 5.56 Å². The van der Waals surface area contributed by atoms with E-state index in [0.717, 1.165) is 0 Å². The maximum atomic E-state index is 10.6. The Morgan fingerprint density at radius 3 is 2.12 bits per heavy atom. The fourth-order valence-corrected chi connectivity index (χ4v) is 1.23. The Kier molecular flexibility index (Phi) is 2.51. The SMILES string of the molecule is O=C(O)c1ccc(-c2ncc(O)cn2)cc1. The summed E-state index contributed by atoms with van der Waals surface area (Å²) in [6.45, 7) is 0. The molecular formula is C11H8N2O3. The number of carboxylic acids is 1. The number of rotatable bonds is 2. The van der Waals surface area contributed by atoms with Gasteiger partial charge in [-0.15, -0.1) is 0 Å². The van der Waals surface area contributed by atoms with Crippen LogP contribution < -0.4 is 0 Å². The van der Waals surface area contributed by atoms with Crippen LogP contribution in [0.4, 0.5) is 0 Å². The third-order valence-electron chi connectivity index (χ3n) is 2.03. The van der Waals surface area contributed by atoms with Crippen LogP contribution in [-0.4, -0.2) is 26.2 Å². The van der Waals surface area contributed by atoms with Gasteiger partial charge < -0.3 is 10.2 Å². The van der Waals surface area contributed by atoms with Crippen LogP contribution in [0, 0.1) is 0 Å². The second kappa shape index (κ2) is 3.98. The van der Waals surface area contributed by atoms with Gasteiger partial charge in [-0.25, -0.2) is 14.8 Å². The summed E-state index contributed by atoms with van der Waals surface area (Å²) in [4.78, 5) is 18.5. The molecule has 0 fully saturated rings. The summed E-state index contributed by atoms with van der Waals surface area (Å²) in [6.07, 6.45) is 2.57. The number of benzene rings is 1. The Labute approximate surface area is 91.0 Å². The summed E-state index contributed by atoms with van der Waals surface area (Å²) in [7, 11) is 0. The number of aromatic hydroxyl groups is 1. The van der Waals surface area contributed by atoms with E-state index in [1.165, 1.54) is 24.5 Å². The van der Waals surface area contributed by atoms with Crippen molar-refractivity contribution in [3.63, 3.8) is 0 Å². The molecule has 0 saturated carbocycles. The van der Waals surface area contributed by atoms with E-state index in [-0.39, 0.29) is 11.3 Å². The van der Waals surface area contributed by atoms with E-state index >= 15 is 0 Å². The Bertz CT molecular complexity index is 506. The average Bonchev–Trinajstić information content (AvgIpc) is 2.30. The van der Waals surface area contributed by atoms with Crippen LogP contribution in [0.5, 0.6) is 5.75 Å². The lowest BCUT2D eigenvalue weighted by Crippen LogP contribution is -1.95. The molecule has 0 radical (unpaired) electrons. The number of nitrogens with zero attached hydrogens (tertiary/aromatic N) is 2. The zero-order chi connectivity index (χ0) is 11.5. The molecule has 0 atom stereocenters. The van der Waals surface area contributed by atoms with Gasteiger partial charge in [-0.1, -0.05) is 12.1 Å².